The maximum Gasteiger partial charge on any atom is 0.224 e. The van der Waals surface area contributed by atoms with Gasteiger partial charge in [-0.1, -0.05) is 18.5 Å². The smallest absolute Gasteiger partial charge is 0.224 e. The van der Waals surface area contributed by atoms with Crippen LogP contribution in [0.4, 0.5) is 11.4 Å². The van der Waals surface area contributed by atoms with Gasteiger partial charge in [-0.05, 0) is 18.9 Å². The Morgan fingerprint density at radius 2 is 2.29 bits per heavy atom. The molecule has 0 bridgehead atoms. The summed E-state index contributed by atoms with van der Waals surface area (Å²) < 4.78 is 0. The molecule has 0 spiro atoms. The zero-order valence-corrected chi connectivity index (χ0v) is 10.4. The summed E-state index contributed by atoms with van der Waals surface area (Å²) in [5, 5.41) is 16.4. The molecule has 0 fully saturated rings. The minimum absolute atomic E-state index is 0.0620. The number of hydrogen-bond donors (Lipinski definition) is 3. The molecule has 1 amide bonds. The molecule has 2 rings (SSSR count). The van der Waals surface area contributed by atoms with Gasteiger partial charge in [-0.3, -0.25) is 4.79 Å². The summed E-state index contributed by atoms with van der Waals surface area (Å²) in [5.41, 5.74) is 1.89. The number of anilines is 2. The van der Waals surface area contributed by atoms with Gasteiger partial charge < -0.3 is 15.7 Å². The van der Waals surface area contributed by atoms with Crippen LogP contribution < -0.4 is 10.6 Å². The maximum absolute atomic E-state index is 11.3. The van der Waals surface area contributed by atoms with Crippen molar-refractivity contribution in [2.45, 2.75) is 26.2 Å². The van der Waals surface area contributed by atoms with Gasteiger partial charge in [0.25, 0.3) is 0 Å². The maximum atomic E-state index is 11.3. The van der Waals surface area contributed by atoms with Gasteiger partial charge in [0.2, 0.25) is 5.91 Å². The van der Waals surface area contributed by atoms with Crippen LogP contribution in [0.25, 0.3) is 0 Å². The average Bonchev–Trinajstić information content (AvgIpc) is 2.32. The molecule has 3 N–H and O–H groups in total. The fraction of sp³-hybridized carbons (Fsp3) is 0.417. The molecule has 5 heteroatoms. The largest absolute Gasteiger partial charge is 0.505 e. The van der Waals surface area contributed by atoms with Gasteiger partial charge in [-0.15, -0.1) is 0 Å². The highest BCUT2D eigenvalue weighted by Crippen LogP contribution is 2.41. The standard InChI is InChI=1S/C12H15ClN2O2/c1-2-5-14-9-6-8(13)11-7(12(9)17)3-4-10(16)15-11/h6,14,17H,2-5H2,1H3,(H,15,16). The molecule has 0 radical (unpaired) electrons. The second-order valence-corrected chi connectivity index (χ2v) is 4.49. The van der Waals surface area contributed by atoms with E-state index in [0.29, 0.717) is 29.2 Å². The number of hydrogen-bond acceptors (Lipinski definition) is 3. The van der Waals surface area contributed by atoms with Crippen LogP contribution in [0, 0.1) is 0 Å². The Morgan fingerprint density at radius 3 is 3.00 bits per heavy atom. The van der Waals surface area contributed by atoms with E-state index in [-0.39, 0.29) is 11.7 Å². The number of halogens is 1. The van der Waals surface area contributed by atoms with Crippen molar-refractivity contribution in [1.29, 1.82) is 0 Å². The van der Waals surface area contributed by atoms with Gasteiger partial charge in [0.15, 0.2) is 0 Å². The van der Waals surface area contributed by atoms with Crippen molar-refractivity contribution in [1.82, 2.24) is 0 Å². The Morgan fingerprint density at radius 1 is 1.53 bits per heavy atom. The van der Waals surface area contributed by atoms with Crippen molar-refractivity contribution in [2.24, 2.45) is 0 Å². The molecule has 1 aliphatic heterocycles. The van der Waals surface area contributed by atoms with Gasteiger partial charge in [0.1, 0.15) is 5.75 Å². The normalized spacial score (nSPS) is 14.1. The van der Waals surface area contributed by atoms with Crippen LogP contribution >= 0.6 is 11.6 Å². The lowest BCUT2D eigenvalue weighted by Gasteiger charge is -2.21. The third kappa shape index (κ3) is 2.31. The molecule has 1 aromatic carbocycles. The van der Waals surface area contributed by atoms with E-state index >= 15 is 0 Å². The molecule has 17 heavy (non-hydrogen) atoms. The molecule has 0 saturated carbocycles. The van der Waals surface area contributed by atoms with E-state index in [1.54, 1.807) is 6.07 Å². The summed E-state index contributed by atoms with van der Waals surface area (Å²) in [4.78, 5) is 11.3. The molecule has 1 aromatic rings. The zero-order valence-electron chi connectivity index (χ0n) is 9.64. The second-order valence-electron chi connectivity index (χ2n) is 4.08. The number of nitrogens with one attached hydrogen (secondary N) is 2. The Bertz CT molecular complexity index is 460. The molecule has 0 atom stereocenters. The monoisotopic (exact) mass is 254 g/mol. The van der Waals surface area contributed by atoms with Crippen LogP contribution in [0.15, 0.2) is 6.07 Å². The Balaban J connectivity index is 2.40. The first-order valence-electron chi connectivity index (χ1n) is 5.71. The summed E-state index contributed by atoms with van der Waals surface area (Å²) in [5.74, 6) is 0.130. The fourth-order valence-corrected chi connectivity index (χ4v) is 2.18. The first-order valence-corrected chi connectivity index (χ1v) is 6.09. The lowest BCUT2D eigenvalue weighted by molar-refractivity contribution is -0.116. The minimum atomic E-state index is -0.0620. The van der Waals surface area contributed by atoms with E-state index in [9.17, 15) is 9.90 Å². The van der Waals surface area contributed by atoms with Crippen LogP contribution in [-0.2, 0) is 11.2 Å². The van der Waals surface area contributed by atoms with Crippen molar-refractivity contribution < 1.29 is 9.90 Å². The summed E-state index contributed by atoms with van der Waals surface area (Å²) in [7, 11) is 0. The molecule has 0 aromatic heterocycles. The van der Waals surface area contributed by atoms with Crippen LogP contribution in [-0.4, -0.2) is 17.6 Å². The molecular formula is C12H15ClN2O2. The third-order valence-electron chi connectivity index (χ3n) is 2.78. The fourth-order valence-electron chi connectivity index (χ4n) is 1.91. The second kappa shape index (κ2) is 4.84. The Labute approximate surface area is 105 Å². The van der Waals surface area contributed by atoms with E-state index in [1.807, 2.05) is 6.92 Å². The predicted octanol–water partition coefficient (Wildman–Crippen LogP) is 2.75. The van der Waals surface area contributed by atoms with E-state index < -0.39 is 0 Å². The molecule has 92 valence electrons. The van der Waals surface area contributed by atoms with Crippen molar-refractivity contribution in [3.8, 4) is 5.75 Å². The number of fused-ring (bicyclic) bond motifs is 1. The molecule has 0 aliphatic carbocycles. The Kier molecular flexibility index (Phi) is 3.43. The van der Waals surface area contributed by atoms with Crippen LogP contribution in [0.5, 0.6) is 5.75 Å². The number of rotatable bonds is 3. The van der Waals surface area contributed by atoms with E-state index in [0.717, 1.165) is 18.5 Å². The van der Waals surface area contributed by atoms with Gasteiger partial charge >= 0.3 is 0 Å². The van der Waals surface area contributed by atoms with Crippen molar-refractivity contribution >= 4 is 28.9 Å². The average molecular weight is 255 g/mol. The summed E-state index contributed by atoms with van der Waals surface area (Å²) in [6.45, 7) is 2.82. The Hall–Kier alpha value is -1.42. The van der Waals surface area contributed by atoms with Crippen LogP contribution in [0.1, 0.15) is 25.3 Å². The number of aromatic hydroxyl groups is 1. The minimum Gasteiger partial charge on any atom is -0.505 e. The molecule has 4 nitrogen and oxygen atoms in total. The summed E-state index contributed by atoms with van der Waals surface area (Å²) in [6, 6.07) is 1.65. The summed E-state index contributed by atoms with van der Waals surface area (Å²) in [6.07, 6.45) is 1.87. The number of phenolic OH excluding ortho intramolecular Hbond substituents is 1. The van der Waals surface area contributed by atoms with Gasteiger partial charge in [-0.25, -0.2) is 0 Å². The highest BCUT2D eigenvalue weighted by atomic mass is 35.5. The van der Waals surface area contributed by atoms with Crippen molar-refractivity contribution in [3.63, 3.8) is 0 Å². The topological polar surface area (TPSA) is 61.4 Å². The number of carbonyl (C=O) groups is 1. The predicted molar refractivity (Wildman–Crippen MR) is 68.8 cm³/mol. The van der Waals surface area contributed by atoms with Crippen LogP contribution in [0.2, 0.25) is 5.02 Å². The van der Waals surface area contributed by atoms with E-state index in [2.05, 4.69) is 10.6 Å². The summed E-state index contributed by atoms with van der Waals surface area (Å²) >= 11 is 6.10. The van der Waals surface area contributed by atoms with E-state index in [1.165, 1.54) is 0 Å². The van der Waals surface area contributed by atoms with Gasteiger partial charge in [0, 0.05) is 18.5 Å². The van der Waals surface area contributed by atoms with Crippen molar-refractivity contribution in [3.05, 3.63) is 16.7 Å². The number of amides is 1. The van der Waals surface area contributed by atoms with Gasteiger partial charge in [-0.2, -0.15) is 0 Å². The van der Waals surface area contributed by atoms with E-state index in [4.69, 9.17) is 11.6 Å². The highest BCUT2D eigenvalue weighted by molar-refractivity contribution is 6.34. The van der Waals surface area contributed by atoms with Crippen LogP contribution in [0.3, 0.4) is 0 Å². The molecule has 1 aliphatic rings. The number of carbonyl (C=O) groups excluding carboxylic acids is 1. The number of phenols is 1. The SMILES string of the molecule is CCCNc1cc(Cl)c2c(c1O)CCC(=O)N2. The zero-order chi connectivity index (χ0) is 12.4. The molecule has 0 saturated heterocycles. The number of benzene rings is 1. The first kappa shape index (κ1) is 12.0. The molecule has 1 heterocycles. The lowest BCUT2D eigenvalue weighted by atomic mass is 10.0. The molecule has 0 unspecified atom stereocenters. The first-order chi connectivity index (χ1) is 8.13. The van der Waals surface area contributed by atoms with Crippen molar-refractivity contribution in [2.75, 3.05) is 17.2 Å². The molecular weight excluding hydrogens is 240 g/mol. The third-order valence-corrected chi connectivity index (χ3v) is 3.08. The quantitative estimate of drug-likeness (QED) is 0.727. The highest BCUT2D eigenvalue weighted by Gasteiger charge is 2.22. The van der Waals surface area contributed by atoms with Gasteiger partial charge in [0.05, 0.1) is 16.4 Å². The lowest BCUT2D eigenvalue weighted by Crippen LogP contribution is -2.19.